The molecule has 0 radical (unpaired) electrons. The van der Waals surface area contributed by atoms with Crippen LogP contribution in [0, 0.1) is 0 Å². The summed E-state index contributed by atoms with van der Waals surface area (Å²) in [6.07, 6.45) is 0. The Bertz CT molecular complexity index is 460. The molecule has 1 aliphatic heterocycles. The zero-order valence-electron chi connectivity index (χ0n) is 12.1. The maximum atomic E-state index is 12.5. The molecule has 1 aliphatic rings. The summed E-state index contributed by atoms with van der Waals surface area (Å²) in [5, 5.41) is 3.31. The highest BCUT2D eigenvalue weighted by atomic mass is 79.9. The van der Waals surface area contributed by atoms with Crippen LogP contribution in [0.1, 0.15) is 12.5 Å². The second-order valence-electron chi connectivity index (χ2n) is 5.25. The summed E-state index contributed by atoms with van der Waals surface area (Å²) in [4.78, 5) is 16.6. The highest BCUT2D eigenvalue weighted by Crippen LogP contribution is 2.18. The van der Waals surface area contributed by atoms with E-state index < -0.39 is 0 Å². The highest BCUT2D eigenvalue weighted by Gasteiger charge is 2.25. The van der Waals surface area contributed by atoms with E-state index in [-0.39, 0.29) is 11.9 Å². The van der Waals surface area contributed by atoms with Gasteiger partial charge in [0.1, 0.15) is 0 Å². The molecule has 1 aromatic rings. The van der Waals surface area contributed by atoms with Crippen LogP contribution in [-0.4, -0.2) is 55.0 Å². The van der Waals surface area contributed by atoms with Crippen LogP contribution in [0.4, 0.5) is 0 Å². The molecule has 20 heavy (non-hydrogen) atoms. The number of likely N-dealkylation sites (N-methyl/N-ethyl adjacent to an activating group) is 1. The number of nitrogens with zero attached hydrogens (tertiary/aromatic N) is 2. The minimum absolute atomic E-state index is 0.0513. The molecule has 0 spiro atoms. The van der Waals surface area contributed by atoms with Crippen molar-refractivity contribution in [3.8, 4) is 0 Å². The van der Waals surface area contributed by atoms with Gasteiger partial charge in [0.25, 0.3) is 0 Å². The Labute approximate surface area is 129 Å². The minimum Gasteiger partial charge on any atom is -0.340 e. The quantitative estimate of drug-likeness (QED) is 0.906. The number of piperazine rings is 1. The molecular weight excluding hydrogens is 318 g/mol. The third-order valence-corrected chi connectivity index (χ3v) is 4.57. The van der Waals surface area contributed by atoms with Crippen molar-refractivity contribution < 1.29 is 4.79 Å². The fourth-order valence-electron chi connectivity index (χ4n) is 2.50. The number of benzene rings is 1. The molecule has 1 fully saturated rings. The van der Waals surface area contributed by atoms with Gasteiger partial charge in [0, 0.05) is 44.2 Å². The summed E-state index contributed by atoms with van der Waals surface area (Å²) in [5.74, 6) is 0.183. The number of hydrogen-bond acceptors (Lipinski definition) is 3. The highest BCUT2D eigenvalue weighted by molar-refractivity contribution is 9.10. The average Bonchev–Trinajstić information content (AvgIpc) is 2.49. The summed E-state index contributed by atoms with van der Waals surface area (Å²) >= 11 is 3.53. The van der Waals surface area contributed by atoms with E-state index in [2.05, 4.69) is 26.1 Å². The zero-order chi connectivity index (χ0) is 14.5. The monoisotopic (exact) mass is 339 g/mol. The Morgan fingerprint density at radius 1 is 1.40 bits per heavy atom. The molecule has 4 nitrogen and oxygen atoms in total. The Balaban J connectivity index is 1.96. The number of carbonyl (C=O) groups is 1. The van der Waals surface area contributed by atoms with E-state index in [0.717, 1.165) is 36.2 Å². The molecule has 0 aliphatic carbocycles. The van der Waals surface area contributed by atoms with Crippen LogP contribution in [0.25, 0.3) is 0 Å². The lowest BCUT2D eigenvalue weighted by molar-refractivity contribution is -0.135. The van der Waals surface area contributed by atoms with E-state index in [1.165, 1.54) is 0 Å². The van der Waals surface area contributed by atoms with Crippen LogP contribution in [0.5, 0.6) is 0 Å². The van der Waals surface area contributed by atoms with Crippen molar-refractivity contribution in [1.82, 2.24) is 15.1 Å². The number of hydrogen-bond donors (Lipinski definition) is 1. The summed E-state index contributed by atoms with van der Waals surface area (Å²) in [5.41, 5.74) is 1.14. The maximum Gasteiger partial charge on any atom is 0.239 e. The maximum absolute atomic E-state index is 12.5. The molecule has 1 amide bonds. The normalized spacial score (nSPS) is 17.8. The van der Waals surface area contributed by atoms with Crippen molar-refractivity contribution in [2.45, 2.75) is 19.5 Å². The summed E-state index contributed by atoms with van der Waals surface area (Å²) < 4.78 is 1.05. The van der Waals surface area contributed by atoms with Crippen molar-refractivity contribution in [3.63, 3.8) is 0 Å². The van der Waals surface area contributed by atoms with Gasteiger partial charge < -0.3 is 10.2 Å². The van der Waals surface area contributed by atoms with Gasteiger partial charge in [0.15, 0.2) is 0 Å². The first kappa shape index (κ1) is 15.5. The smallest absolute Gasteiger partial charge is 0.239 e. The molecule has 0 aromatic heterocycles. The lowest BCUT2D eigenvalue weighted by atomic mass is 10.2. The lowest BCUT2D eigenvalue weighted by Gasteiger charge is -2.34. The standard InChI is InChI=1S/C15H22BrN3O/c1-12(19-9-7-17-8-10-19)15(20)18(2)11-13-5-3-4-6-14(13)16/h3-6,12,17H,7-11H2,1-2H3. The van der Waals surface area contributed by atoms with Crippen LogP contribution in [0.2, 0.25) is 0 Å². The molecule has 0 saturated carbocycles. The van der Waals surface area contributed by atoms with E-state index in [1.54, 1.807) is 0 Å². The first-order valence-corrected chi connectivity index (χ1v) is 7.82. The van der Waals surface area contributed by atoms with Gasteiger partial charge in [-0.25, -0.2) is 0 Å². The SMILES string of the molecule is CC(C(=O)N(C)Cc1ccccc1Br)N1CCNCC1. The van der Waals surface area contributed by atoms with E-state index in [9.17, 15) is 4.79 Å². The van der Waals surface area contributed by atoms with Gasteiger partial charge in [0.05, 0.1) is 6.04 Å². The van der Waals surface area contributed by atoms with Crippen LogP contribution in [0.15, 0.2) is 28.7 Å². The van der Waals surface area contributed by atoms with E-state index in [4.69, 9.17) is 0 Å². The third-order valence-electron chi connectivity index (χ3n) is 3.80. The van der Waals surface area contributed by atoms with Crippen LogP contribution >= 0.6 is 15.9 Å². The van der Waals surface area contributed by atoms with Crippen LogP contribution in [-0.2, 0) is 11.3 Å². The molecule has 1 unspecified atom stereocenters. The predicted molar refractivity (Wildman–Crippen MR) is 84.5 cm³/mol. The molecule has 1 saturated heterocycles. The van der Waals surface area contributed by atoms with Gasteiger partial charge in [-0.05, 0) is 18.6 Å². The number of halogens is 1. The third kappa shape index (κ3) is 3.81. The fourth-order valence-corrected chi connectivity index (χ4v) is 2.91. The van der Waals surface area contributed by atoms with Gasteiger partial charge >= 0.3 is 0 Å². The first-order chi connectivity index (χ1) is 9.59. The van der Waals surface area contributed by atoms with E-state index in [0.29, 0.717) is 6.54 Å². The van der Waals surface area contributed by atoms with Crippen LogP contribution < -0.4 is 5.32 Å². The van der Waals surface area contributed by atoms with Crippen molar-refractivity contribution in [3.05, 3.63) is 34.3 Å². The molecule has 5 heteroatoms. The molecule has 2 rings (SSSR count). The number of carbonyl (C=O) groups excluding carboxylic acids is 1. The summed E-state index contributed by atoms with van der Waals surface area (Å²) in [7, 11) is 1.88. The second kappa shape index (κ2) is 7.20. The molecule has 1 heterocycles. The topological polar surface area (TPSA) is 35.6 Å². The predicted octanol–water partition coefficient (Wildman–Crippen LogP) is 1.70. The Morgan fingerprint density at radius 3 is 2.70 bits per heavy atom. The Kier molecular flexibility index (Phi) is 5.57. The average molecular weight is 340 g/mol. The van der Waals surface area contributed by atoms with Crippen molar-refractivity contribution in [1.29, 1.82) is 0 Å². The van der Waals surface area contributed by atoms with Crippen LogP contribution in [0.3, 0.4) is 0 Å². The van der Waals surface area contributed by atoms with Crippen molar-refractivity contribution in [2.75, 3.05) is 33.2 Å². The molecule has 0 bridgehead atoms. The van der Waals surface area contributed by atoms with E-state index >= 15 is 0 Å². The molecule has 110 valence electrons. The molecule has 1 N–H and O–H groups in total. The largest absolute Gasteiger partial charge is 0.340 e. The molecule has 1 aromatic carbocycles. The lowest BCUT2D eigenvalue weighted by Crippen LogP contribution is -2.52. The molecular formula is C15H22BrN3O. The van der Waals surface area contributed by atoms with Gasteiger partial charge in [-0.3, -0.25) is 9.69 Å². The Morgan fingerprint density at radius 2 is 2.05 bits per heavy atom. The Hall–Kier alpha value is -0.910. The van der Waals surface area contributed by atoms with Crippen molar-refractivity contribution in [2.24, 2.45) is 0 Å². The van der Waals surface area contributed by atoms with E-state index in [1.807, 2.05) is 43.1 Å². The van der Waals surface area contributed by atoms with Gasteiger partial charge in [0.2, 0.25) is 5.91 Å². The van der Waals surface area contributed by atoms with Gasteiger partial charge in [-0.2, -0.15) is 0 Å². The zero-order valence-corrected chi connectivity index (χ0v) is 13.7. The molecule has 1 atom stereocenters. The minimum atomic E-state index is -0.0513. The fraction of sp³-hybridized carbons (Fsp3) is 0.533. The first-order valence-electron chi connectivity index (χ1n) is 7.02. The number of nitrogens with one attached hydrogen (secondary N) is 1. The van der Waals surface area contributed by atoms with Gasteiger partial charge in [-0.1, -0.05) is 34.1 Å². The van der Waals surface area contributed by atoms with Crippen molar-refractivity contribution >= 4 is 21.8 Å². The number of amides is 1. The number of rotatable bonds is 4. The van der Waals surface area contributed by atoms with Gasteiger partial charge in [-0.15, -0.1) is 0 Å². The second-order valence-corrected chi connectivity index (χ2v) is 6.10. The summed E-state index contributed by atoms with van der Waals surface area (Å²) in [6.45, 7) is 6.45. The summed E-state index contributed by atoms with van der Waals surface area (Å²) in [6, 6.07) is 7.98.